The number of halogens is 3. The van der Waals surface area contributed by atoms with Gasteiger partial charge in [-0.25, -0.2) is 13.6 Å². The van der Waals surface area contributed by atoms with E-state index in [2.05, 4.69) is 21.2 Å². The molecule has 0 saturated heterocycles. The third-order valence-electron chi connectivity index (χ3n) is 2.91. The Morgan fingerprint density at radius 1 is 1.17 bits per heavy atom. The standard InChI is InChI=1S/C17H14BrF2NO2/c18-14-10-15(19)13(9-16(14)20)7-4-8-21-17(22)23-11-12-5-2-1-3-6-12/h1-7,9-10H,8,11H2,(H,21,22). The average Bonchev–Trinajstić information content (AvgIpc) is 2.55. The molecule has 0 fully saturated rings. The van der Waals surface area contributed by atoms with Gasteiger partial charge in [0.05, 0.1) is 4.47 Å². The first-order valence-electron chi connectivity index (χ1n) is 6.82. The van der Waals surface area contributed by atoms with Gasteiger partial charge in [0, 0.05) is 12.1 Å². The molecule has 0 unspecified atom stereocenters. The van der Waals surface area contributed by atoms with E-state index in [4.69, 9.17) is 4.74 Å². The van der Waals surface area contributed by atoms with Crippen molar-refractivity contribution in [3.05, 3.63) is 75.8 Å². The first-order valence-corrected chi connectivity index (χ1v) is 7.61. The molecule has 0 aliphatic heterocycles. The number of benzene rings is 2. The molecule has 0 radical (unpaired) electrons. The molecule has 2 rings (SSSR count). The van der Waals surface area contributed by atoms with Crippen molar-refractivity contribution in [2.75, 3.05) is 6.54 Å². The Balaban J connectivity index is 1.78. The second-order valence-corrected chi connectivity index (χ2v) is 5.49. The van der Waals surface area contributed by atoms with Crippen molar-refractivity contribution in [2.45, 2.75) is 6.61 Å². The molecule has 2 aromatic rings. The van der Waals surface area contributed by atoms with Gasteiger partial charge in [0.15, 0.2) is 0 Å². The molecule has 0 atom stereocenters. The van der Waals surface area contributed by atoms with Gasteiger partial charge in [-0.1, -0.05) is 42.5 Å². The highest BCUT2D eigenvalue weighted by Gasteiger charge is 2.05. The first-order chi connectivity index (χ1) is 11.1. The normalized spacial score (nSPS) is 10.7. The monoisotopic (exact) mass is 381 g/mol. The van der Waals surface area contributed by atoms with Gasteiger partial charge >= 0.3 is 6.09 Å². The second-order valence-electron chi connectivity index (χ2n) is 4.63. The van der Waals surface area contributed by atoms with Crippen molar-refractivity contribution in [3.8, 4) is 0 Å². The first kappa shape index (κ1) is 17.1. The van der Waals surface area contributed by atoms with Crippen LogP contribution in [0.3, 0.4) is 0 Å². The molecule has 2 aromatic carbocycles. The minimum atomic E-state index is -0.582. The van der Waals surface area contributed by atoms with Crippen molar-refractivity contribution in [2.24, 2.45) is 0 Å². The van der Waals surface area contributed by atoms with Crippen LogP contribution in [0, 0.1) is 11.6 Å². The summed E-state index contributed by atoms with van der Waals surface area (Å²) in [4.78, 5) is 11.5. The van der Waals surface area contributed by atoms with Crippen molar-refractivity contribution in [1.82, 2.24) is 5.32 Å². The lowest BCUT2D eigenvalue weighted by atomic mass is 10.2. The fourth-order valence-electron chi connectivity index (χ4n) is 1.77. The van der Waals surface area contributed by atoms with E-state index < -0.39 is 17.7 Å². The summed E-state index contributed by atoms with van der Waals surface area (Å²) >= 11 is 2.90. The number of hydrogen-bond acceptors (Lipinski definition) is 2. The maximum atomic E-state index is 13.6. The summed E-state index contributed by atoms with van der Waals surface area (Å²) in [5.41, 5.74) is 0.982. The maximum absolute atomic E-state index is 13.6. The number of rotatable bonds is 5. The van der Waals surface area contributed by atoms with Crippen molar-refractivity contribution >= 4 is 28.1 Å². The van der Waals surface area contributed by atoms with E-state index >= 15 is 0 Å². The van der Waals surface area contributed by atoms with Gasteiger partial charge in [-0.3, -0.25) is 0 Å². The van der Waals surface area contributed by atoms with Gasteiger partial charge in [0.2, 0.25) is 0 Å². The second kappa shape index (κ2) is 8.43. The Bertz CT molecular complexity index is 705. The number of hydrogen-bond donors (Lipinski definition) is 1. The summed E-state index contributed by atoms with van der Waals surface area (Å²) in [5.74, 6) is -1.11. The Morgan fingerprint density at radius 2 is 1.91 bits per heavy atom. The van der Waals surface area contributed by atoms with Gasteiger partial charge < -0.3 is 10.1 Å². The predicted molar refractivity (Wildman–Crippen MR) is 87.7 cm³/mol. The Kier molecular flexibility index (Phi) is 6.29. The van der Waals surface area contributed by atoms with E-state index in [0.717, 1.165) is 17.7 Å². The fourth-order valence-corrected chi connectivity index (χ4v) is 2.08. The van der Waals surface area contributed by atoms with Gasteiger partial charge in [0.25, 0.3) is 0 Å². The Morgan fingerprint density at radius 3 is 2.65 bits per heavy atom. The highest BCUT2D eigenvalue weighted by Crippen LogP contribution is 2.20. The molecule has 1 N–H and O–H groups in total. The molecule has 0 aliphatic carbocycles. The SMILES string of the molecule is O=C(NCC=Cc1cc(F)c(Br)cc1F)OCc1ccccc1. The summed E-state index contributed by atoms with van der Waals surface area (Å²) in [6.45, 7) is 0.313. The molecule has 23 heavy (non-hydrogen) atoms. The minimum Gasteiger partial charge on any atom is -0.445 e. The topological polar surface area (TPSA) is 38.3 Å². The summed E-state index contributed by atoms with van der Waals surface area (Å²) < 4.78 is 32.0. The zero-order chi connectivity index (χ0) is 16.7. The largest absolute Gasteiger partial charge is 0.445 e. The lowest BCUT2D eigenvalue weighted by Gasteiger charge is -2.05. The number of nitrogens with one attached hydrogen (secondary N) is 1. The molecular formula is C17H14BrF2NO2. The highest BCUT2D eigenvalue weighted by molar-refractivity contribution is 9.10. The predicted octanol–water partition coefficient (Wildman–Crippen LogP) is 4.67. The van der Waals surface area contributed by atoms with Crippen LogP contribution in [0.5, 0.6) is 0 Å². The summed E-state index contributed by atoms with van der Waals surface area (Å²) in [7, 11) is 0. The summed E-state index contributed by atoms with van der Waals surface area (Å²) in [6, 6.07) is 11.4. The third-order valence-corrected chi connectivity index (χ3v) is 3.52. The number of carbonyl (C=O) groups is 1. The molecule has 1 amide bonds. The van der Waals surface area contributed by atoms with Crippen molar-refractivity contribution in [3.63, 3.8) is 0 Å². The fraction of sp³-hybridized carbons (Fsp3) is 0.118. The quantitative estimate of drug-likeness (QED) is 0.764. The molecule has 0 aliphatic rings. The van der Waals surface area contributed by atoms with E-state index in [-0.39, 0.29) is 23.2 Å². The molecule has 0 bridgehead atoms. The molecule has 3 nitrogen and oxygen atoms in total. The van der Waals surface area contributed by atoms with Crippen LogP contribution >= 0.6 is 15.9 Å². The zero-order valence-corrected chi connectivity index (χ0v) is 13.6. The van der Waals surface area contributed by atoms with Crippen LogP contribution < -0.4 is 5.32 Å². The van der Waals surface area contributed by atoms with Gasteiger partial charge in [0.1, 0.15) is 18.2 Å². The number of ether oxygens (including phenoxy) is 1. The van der Waals surface area contributed by atoms with Crippen LogP contribution in [0.2, 0.25) is 0 Å². The average molecular weight is 382 g/mol. The smallest absolute Gasteiger partial charge is 0.407 e. The summed E-state index contributed by atoms with van der Waals surface area (Å²) in [5, 5.41) is 2.50. The van der Waals surface area contributed by atoms with Crippen LogP contribution in [-0.4, -0.2) is 12.6 Å². The summed E-state index contributed by atoms with van der Waals surface area (Å²) in [6.07, 6.45) is 2.32. The van der Waals surface area contributed by atoms with Gasteiger partial charge in [-0.15, -0.1) is 0 Å². The molecule has 0 heterocycles. The van der Waals surface area contributed by atoms with Crippen LogP contribution in [0.15, 0.2) is 53.0 Å². The number of carbonyl (C=O) groups excluding carboxylic acids is 1. The van der Waals surface area contributed by atoms with Crippen LogP contribution in [-0.2, 0) is 11.3 Å². The molecule has 0 aromatic heterocycles. The van der Waals surface area contributed by atoms with E-state index in [1.54, 1.807) is 0 Å². The number of amides is 1. The van der Waals surface area contributed by atoms with E-state index in [1.165, 1.54) is 12.2 Å². The molecule has 120 valence electrons. The van der Waals surface area contributed by atoms with Gasteiger partial charge in [-0.2, -0.15) is 0 Å². The van der Waals surface area contributed by atoms with E-state index in [1.807, 2.05) is 30.3 Å². The number of alkyl carbamates (subject to hydrolysis) is 1. The van der Waals surface area contributed by atoms with E-state index in [0.29, 0.717) is 0 Å². The Hall–Kier alpha value is -2.21. The third kappa shape index (κ3) is 5.49. The molecule has 6 heteroatoms. The lowest BCUT2D eigenvalue weighted by molar-refractivity contribution is 0.141. The Labute approximate surface area is 141 Å². The zero-order valence-electron chi connectivity index (χ0n) is 12.1. The van der Waals surface area contributed by atoms with Gasteiger partial charge in [-0.05, 0) is 33.6 Å². The van der Waals surface area contributed by atoms with Crippen molar-refractivity contribution < 1.29 is 18.3 Å². The molecule has 0 saturated carbocycles. The molecular weight excluding hydrogens is 368 g/mol. The van der Waals surface area contributed by atoms with E-state index in [9.17, 15) is 13.6 Å². The van der Waals surface area contributed by atoms with Crippen molar-refractivity contribution in [1.29, 1.82) is 0 Å². The minimum absolute atomic E-state index is 0.0646. The highest BCUT2D eigenvalue weighted by atomic mass is 79.9. The van der Waals surface area contributed by atoms with Crippen LogP contribution in [0.1, 0.15) is 11.1 Å². The van der Waals surface area contributed by atoms with Crippen LogP contribution in [0.4, 0.5) is 13.6 Å². The lowest BCUT2D eigenvalue weighted by Crippen LogP contribution is -2.24. The van der Waals surface area contributed by atoms with Crippen LogP contribution in [0.25, 0.3) is 6.08 Å². The molecule has 0 spiro atoms. The maximum Gasteiger partial charge on any atom is 0.407 e.